The third-order valence-electron chi connectivity index (χ3n) is 3.57. The minimum Gasteiger partial charge on any atom is -0.486 e. The van der Waals surface area contributed by atoms with Gasteiger partial charge in [0, 0.05) is 31.1 Å². The van der Waals surface area contributed by atoms with Gasteiger partial charge in [0.25, 0.3) is 0 Å². The van der Waals surface area contributed by atoms with E-state index in [9.17, 15) is 0 Å². The summed E-state index contributed by atoms with van der Waals surface area (Å²) in [6.07, 6.45) is 3.57. The van der Waals surface area contributed by atoms with Gasteiger partial charge < -0.3 is 19.8 Å². The van der Waals surface area contributed by atoms with Crippen LogP contribution in [0.4, 0.5) is 0 Å². The molecule has 2 aromatic rings. The van der Waals surface area contributed by atoms with E-state index in [2.05, 4.69) is 15.3 Å². The molecule has 0 spiro atoms. The Morgan fingerprint density at radius 2 is 2.00 bits per heavy atom. The van der Waals surface area contributed by atoms with Crippen LogP contribution in [0.2, 0.25) is 0 Å². The van der Waals surface area contributed by atoms with Crippen molar-refractivity contribution in [2.45, 2.75) is 25.3 Å². The van der Waals surface area contributed by atoms with Crippen LogP contribution in [-0.4, -0.2) is 35.8 Å². The molecule has 2 N–H and O–H groups in total. The number of rotatable bonds is 4. The second kappa shape index (κ2) is 4.42. The number of hydrogen-bond acceptors (Lipinski definition) is 4. The number of fused-ring (bicyclic) bond motifs is 2. The van der Waals surface area contributed by atoms with E-state index in [-0.39, 0.29) is 0 Å². The van der Waals surface area contributed by atoms with Crippen LogP contribution in [0, 0.1) is 0 Å². The largest absolute Gasteiger partial charge is 0.486 e. The molecule has 100 valence electrons. The Hall–Kier alpha value is -1.75. The number of imidazole rings is 1. The Bertz CT molecular complexity index is 561. The van der Waals surface area contributed by atoms with E-state index >= 15 is 0 Å². The summed E-state index contributed by atoms with van der Waals surface area (Å²) in [5.41, 5.74) is 1.97. The van der Waals surface area contributed by atoms with Gasteiger partial charge in [-0.25, -0.2) is 4.98 Å². The molecule has 2 aliphatic rings. The molecule has 1 aromatic carbocycles. The zero-order valence-corrected chi connectivity index (χ0v) is 10.7. The fourth-order valence-electron chi connectivity index (χ4n) is 2.40. The predicted octanol–water partition coefficient (Wildman–Crippen LogP) is 1.63. The van der Waals surface area contributed by atoms with E-state index in [1.807, 2.05) is 12.1 Å². The lowest BCUT2D eigenvalue weighted by molar-refractivity contribution is 0.172. The van der Waals surface area contributed by atoms with Crippen molar-refractivity contribution in [3.63, 3.8) is 0 Å². The van der Waals surface area contributed by atoms with Crippen LogP contribution in [0.3, 0.4) is 0 Å². The number of H-pyrrole nitrogens is 1. The molecule has 1 saturated carbocycles. The van der Waals surface area contributed by atoms with Gasteiger partial charge in [0.15, 0.2) is 11.5 Å². The van der Waals surface area contributed by atoms with Crippen molar-refractivity contribution in [3.05, 3.63) is 18.0 Å². The van der Waals surface area contributed by atoms with Gasteiger partial charge >= 0.3 is 0 Å². The van der Waals surface area contributed by atoms with Gasteiger partial charge in [-0.15, -0.1) is 0 Å². The van der Waals surface area contributed by atoms with Crippen LogP contribution >= 0.6 is 0 Å². The first-order chi connectivity index (χ1) is 9.38. The number of nitrogens with one attached hydrogen (secondary N) is 2. The average molecular weight is 259 g/mol. The molecular formula is C14H17N3O2. The van der Waals surface area contributed by atoms with Gasteiger partial charge in [-0.3, -0.25) is 0 Å². The summed E-state index contributed by atoms with van der Waals surface area (Å²) in [7, 11) is 0. The summed E-state index contributed by atoms with van der Waals surface area (Å²) in [6, 6.07) is 4.69. The van der Waals surface area contributed by atoms with Crippen LogP contribution in [0.1, 0.15) is 18.7 Å². The summed E-state index contributed by atoms with van der Waals surface area (Å²) in [6.45, 7) is 2.21. The van der Waals surface area contributed by atoms with E-state index in [1.54, 1.807) is 0 Å². The summed E-state index contributed by atoms with van der Waals surface area (Å²) in [5, 5.41) is 3.50. The molecule has 5 heteroatoms. The lowest BCUT2D eigenvalue weighted by Gasteiger charge is -2.17. The lowest BCUT2D eigenvalue weighted by atomic mass is 10.2. The third-order valence-corrected chi connectivity index (χ3v) is 3.57. The van der Waals surface area contributed by atoms with E-state index in [4.69, 9.17) is 9.47 Å². The molecule has 1 aromatic heterocycles. The molecule has 1 aliphatic heterocycles. The van der Waals surface area contributed by atoms with Crippen LogP contribution < -0.4 is 14.8 Å². The number of aromatic nitrogens is 2. The van der Waals surface area contributed by atoms with Crippen molar-refractivity contribution in [2.24, 2.45) is 0 Å². The Morgan fingerprint density at radius 3 is 2.79 bits per heavy atom. The normalized spacial score (nSPS) is 17.9. The summed E-state index contributed by atoms with van der Waals surface area (Å²) in [4.78, 5) is 7.96. The van der Waals surface area contributed by atoms with E-state index in [0.29, 0.717) is 13.2 Å². The Morgan fingerprint density at radius 1 is 1.21 bits per heavy atom. The van der Waals surface area contributed by atoms with E-state index in [1.165, 1.54) is 12.8 Å². The van der Waals surface area contributed by atoms with Crippen LogP contribution in [-0.2, 0) is 6.42 Å². The fourth-order valence-corrected chi connectivity index (χ4v) is 2.40. The van der Waals surface area contributed by atoms with Crippen molar-refractivity contribution in [3.8, 4) is 11.5 Å². The van der Waals surface area contributed by atoms with Crippen LogP contribution in [0.5, 0.6) is 11.5 Å². The zero-order valence-electron chi connectivity index (χ0n) is 10.7. The van der Waals surface area contributed by atoms with Crippen molar-refractivity contribution < 1.29 is 9.47 Å². The molecule has 0 unspecified atom stereocenters. The topological polar surface area (TPSA) is 59.2 Å². The first kappa shape index (κ1) is 11.1. The van der Waals surface area contributed by atoms with Crippen molar-refractivity contribution >= 4 is 11.0 Å². The number of nitrogens with zero attached hydrogens (tertiary/aromatic N) is 1. The number of ether oxygens (including phenoxy) is 2. The first-order valence-electron chi connectivity index (χ1n) is 6.90. The maximum Gasteiger partial charge on any atom is 0.163 e. The Labute approximate surface area is 111 Å². The zero-order chi connectivity index (χ0) is 12.7. The van der Waals surface area contributed by atoms with E-state index < -0.39 is 0 Å². The third kappa shape index (κ3) is 2.26. The molecule has 1 fully saturated rings. The van der Waals surface area contributed by atoms with Crippen molar-refractivity contribution in [1.29, 1.82) is 0 Å². The molecule has 4 rings (SSSR count). The highest BCUT2D eigenvalue weighted by atomic mass is 16.6. The molecule has 0 amide bonds. The first-order valence-corrected chi connectivity index (χ1v) is 6.90. The summed E-state index contributed by atoms with van der Waals surface area (Å²) >= 11 is 0. The number of hydrogen-bond donors (Lipinski definition) is 2. The Balaban J connectivity index is 1.55. The molecule has 0 saturated heterocycles. The molecule has 1 aliphatic carbocycles. The quantitative estimate of drug-likeness (QED) is 0.876. The number of benzene rings is 1. The van der Waals surface area contributed by atoms with Gasteiger partial charge in [0.1, 0.15) is 19.0 Å². The molecule has 2 heterocycles. The highest BCUT2D eigenvalue weighted by molar-refractivity contribution is 5.79. The van der Waals surface area contributed by atoms with Crippen LogP contribution in [0.15, 0.2) is 12.1 Å². The van der Waals surface area contributed by atoms with Gasteiger partial charge in [-0.1, -0.05) is 0 Å². The van der Waals surface area contributed by atoms with Gasteiger partial charge in [0.05, 0.1) is 11.0 Å². The average Bonchev–Trinajstić information content (AvgIpc) is 3.16. The summed E-state index contributed by atoms with van der Waals surface area (Å²) in [5.74, 6) is 2.63. The molecule has 0 atom stereocenters. The highest BCUT2D eigenvalue weighted by Gasteiger charge is 2.20. The maximum atomic E-state index is 5.58. The Kier molecular flexibility index (Phi) is 2.58. The molecule has 0 bridgehead atoms. The smallest absolute Gasteiger partial charge is 0.163 e. The predicted molar refractivity (Wildman–Crippen MR) is 71.8 cm³/mol. The van der Waals surface area contributed by atoms with E-state index in [0.717, 1.165) is 47.4 Å². The highest BCUT2D eigenvalue weighted by Crippen LogP contribution is 2.33. The molecule has 0 radical (unpaired) electrons. The maximum absolute atomic E-state index is 5.58. The van der Waals surface area contributed by atoms with Gasteiger partial charge in [-0.2, -0.15) is 0 Å². The second-order valence-corrected chi connectivity index (χ2v) is 5.17. The molecular weight excluding hydrogens is 242 g/mol. The molecule has 5 nitrogen and oxygen atoms in total. The van der Waals surface area contributed by atoms with Crippen LogP contribution in [0.25, 0.3) is 11.0 Å². The standard InChI is InChI=1S/C14H17N3O2/c1-2-9(1)15-4-3-14-16-10-7-12-13(8-11(10)17-14)19-6-5-18-12/h7-9,15H,1-6H2,(H,16,17). The summed E-state index contributed by atoms with van der Waals surface area (Å²) < 4.78 is 11.1. The number of aromatic amines is 1. The minimum absolute atomic E-state index is 0.612. The van der Waals surface area contributed by atoms with Gasteiger partial charge in [-0.05, 0) is 12.8 Å². The van der Waals surface area contributed by atoms with Crippen molar-refractivity contribution in [1.82, 2.24) is 15.3 Å². The SMILES string of the molecule is c1c2c(cc3[nH]c(CCNC4CC4)nc13)OCCO2. The second-order valence-electron chi connectivity index (χ2n) is 5.17. The van der Waals surface area contributed by atoms with Crippen molar-refractivity contribution in [2.75, 3.05) is 19.8 Å². The van der Waals surface area contributed by atoms with Gasteiger partial charge in [0.2, 0.25) is 0 Å². The fraction of sp³-hybridized carbons (Fsp3) is 0.500. The molecule has 19 heavy (non-hydrogen) atoms. The monoisotopic (exact) mass is 259 g/mol. The minimum atomic E-state index is 0.612. The lowest BCUT2D eigenvalue weighted by Crippen LogP contribution is -2.19.